The minimum Gasteiger partial charge on any atom is -0.396 e. The molecule has 0 unspecified atom stereocenters. The number of aliphatic hydroxyl groups is 1. The second-order valence-corrected chi connectivity index (χ2v) is 5.81. The second-order valence-electron chi connectivity index (χ2n) is 5.38. The van der Waals surface area contributed by atoms with Gasteiger partial charge in [-0.05, 0) is 55.0 Å². The van der Waals surface area contributed by atoms with Crippen molar-refractivity contribution in [3.05, 3.63) is 59.1 Å². The number of hydrogen-bond donors (Lipinski definition) is 3. The lowest BCUT2D eigenvalue weighted by molar-refractivity contribution is 0.0993. The molecule has 0 aliphatic rings. The highest BCUT2D eigenvalue weighted by Crippen LogP contribution is 2.19. The molecule has 0 aliphatic carbocycles. The van der Waals surface area contributed by atoms with Gasteiger partial charge in [0, 0.05) is 42.2 Å². The van der Waals surface area contributed by atoms with Crippen LogP contribution in [-0.4, -0.2) is 37.2 Å². The van der Waals surface area contributed by atoms with Gasteiger partial charge in [-0.1, -0.05) is 11.6 Å². The summed E-state index contributed by atoms with van der Waals surface area (Å²) in [4.78, 5) is 25.6. The fraction of sp³-hybridized carbons (Fsp3) is 0.222. The van der Waals surface area contributed by atoms with E-state index in [-0.39, 0.29) is 18.5 Å². The third-order valence-corrected chi connectivity index (χ3v) is 3.78. The zero-order valence-electron chi connectivity index (χ0n) is 13.8. The van der Waals surface area contributed by atoms with Crippen molar-refractivity contribution >= 4 is 34.9 Å². The largest absolute Gasteiger partial charge is 0.396 e. The van der Waals surface area contributed by atoms with Crippen LogP contribution in [-0.2, 0) is 0 Å². The van der Waals surface area contributed by atoms with E-state index >= 15 is 0 Å². The van der Waals surface area contributed by atoms with Crippen molar-refractivity contribution in [3.63, 3.8) is 0 Å². The maximum Gasteiger partial charge on any atom is 0.319 e. The first kappa shape index (κ1) is 18.8. The molecule has 3 N–H and O–H groups in total. The summed E-state index contributed by atoms with van der Waals surface area (Å²) in [6.45, 7) is 0.432. The molecule has 0 aromatic heterocycles. The van der Waals surface area contributed by atoms with Crippen LogP contribution in [0.1, 0.15) is 16.8 Å². The van der Waals surface area contributed by atoms with E-state index in [1.165, 1.54) is 4.90 Å². The number of nitrogens with one attached hydrogen (secondary N) is 2. The van der Waals surface area contributed by atoms with Gasteiger partial charge >= 0.3 is 6.03 Å². The lowest BCUT2D eigenvalue weighted by atomic mass is 10.2. The van der Waals surface area contributed by atoms with Gasteiger partial charge in [-0.25, -0.2) is 4.79 Å². The fourth-order valence-corrected chi connectivity index (χ4v) is 2.25. The number of nitrogens with zero attached hydrogens (tertiary/aromatic N) is 1. The van der Waals surface area contributed by atoms with E-state index in [9.17, 15) is 9.59 Å². The van der Waals surface area contributed by atoms with Gasteiger partial charge in [-0.15, -0.1) is 0 Å². The average Bonchev–Trinajstić information content (AvgIpc) is 2.62. The van der Waals surface area contributed by atoms with E-state index in [1.807, 2.05) is 0 Å². The number of rotatable bonds is 6. The summed E-state index contributed by atoms with van der Waals surface area (Å²) < 4.78 is 0. The minimum atomic E-state index is -0.341. The summed E-state index contributed by atoms with van der Waals surface area (Å²) in [5, 5.41) is 14.6. The Hall–Kier alpha value is -2.57. The predicted molar refractivity (Wildman–Crippen MR) is 99.4 cm³/mol. The van der Waals surface area contributed by atoms with Crippen LogP contribution < -0.4 is 15.5 Å². The molecule has 0 atom stereocenters. The lowest BCUT2D eigenvalue weighted by Crippen LogP contribution is -2.30. The summed E-state index contributed by atoms with van der Waals surface area (Å²) >= 11 is 5.83. The Morgan fingerprint density at radius 3 is 2.32 bits per heavy atom. The molecule has 0 saturated carbocycles. The number of anilines is 2. The minimum absolute atomic E-state index is 0.0307. The normalized spacial score (nSPS) is 10.2. The molecular weight excluding hydrogens is 342 g/mol. The van der Waals surface area contributed by atoms with Crippen molar-refractivity contribution in [3.8, 4) is 0 Å². The van der Waals surface area contributed by atoms with Gasteiger partial charge in [-0.2, -0.15) is 0 Å². The van der Waals surface area contributed by atoms with Crippen LogP contribution in [0.4, 0.5) is 16.2 Å². The highest BCUT2D eigenvalue weighted by Gasteiger charge is 2.13. The standard InChI is InChI=1S/C18H20ClN3O3/c1-22(17(24)13-3-5-14(19)6-4-13)16-9-7-15(8-10-16)21-18(25)20-11-2-12-23/h3-10,23H,2,11-12H2,1H3,(H2,20,21,25). The second kappa shape index (κ2) is 9.05. The number of halogens is 1. The van der Waals surface area contributed by atoms with Gasteiger partial charge in [0.05, 0.1) is 0 Å². The number of amides is 3. The third kappa shape index (κ3) is 5.48. The number of carbonyl (C=O) groups excluding carboxylic acids is 2. The molecule has 0 heterocycles. The Balaban J connectivity index is 1.97. The van der Waals surface area contributed by atoms with E-state index in [0.717, 1.165) is 0 Å². The number of benzene rings is 2. The Bertz CT molecular complexity index is 717. The molecule has 0 spiro atoms. The molecule has 7 heteroatoms. The van der Waals surface area contributed by atoms with Crippen molar-refractivity contribution in [2.24, 2.45) is 0 Å². The third-order valence-electron chi connectivity index (χ3n) is 3.53. The zero-order valence-corrected chi connectivity index (χ0v) is 14.6. The Kier molecular flexibility index (Phi) is 6.80. The van der Waals surface area contributed by atoms with E-state index in [0.29, 0.717) is 34.9 Å². The Morgan fingerprint density at radius 1 is 1.08 bits per heavy atom. The average molecular weight is 362 g/mol. The molecule has 0 bridgehead atoms. The van der Waals surface area contributed by atoms with Crippen LogP contribution in [0.15, 0.2) is 48.5 Å². The highest BCUT2D eigenvalue weighted by molar-refractivity contribution is 6.30. The van der Waals surface area contributed by atoms with Crippen LogP contribution >= 0.6 is 11.6 Å². The number of urea groups is 1. The lowest BCUT2D eigenvalue weighted by Gasteiger charge is -2.18. The van der Waals surface area contributed by atoms with E-state index in [2.05, 4.69) is 10.6 Å². The van der Waals surface area contributed by atoms with Crippen molar-refractivity contribution < 1.29 is 14.7 Å². The van der Waals surface area contributed by atoms with Crippen molar-refractivity contribution in [2.45, 2.75) is 6.42 Å². The molecule has 6 nitrogen and oxygen atoms in total. The van der Waals surface area contributed by atoms with Crippen LogP contribution in [0, 0.1) is 0 Å². The van der Waals surface area contributed by atoms with E-state index < -0.39 is 0 Å². The van der Waals surface area contributed by atoms with E-state index in [4.69, 9.17) is 16.7 Å². The number of hydrogen-bond acceptors (Lipinski definition) is 3. The van der Waals surface area contributed by atoms with Gasteiger partial charge in [0.2, 0.25) is 0 Å². The molecule has 3 amide bonds. The summed E-state index contributed by atoms with van der Waals surface area (Å²) in [5.41, 5.74) is 1.85. The Labute approximate surface area is 151 Å². The van der Waals surface area contributed by atoms with Crippen molar-refractivity contribution in [2.75, 3.05) is 30.4 Å². The molecule has 132 valence electrons. The summed E-state index contributed by atoms with van der Waals surface area (Å²) in [7, 11) is 1.68. The fourth-order valence-electron chi connectivity index (χ4n) is 2.13. The quantitative estimate of drug-likeness (QED) is 0.691. The summed E-state index contributed by atoms with van der Waals surface area (Å²) in [6.07, 6.45) is 0.504. The first-order chi connectivity index (χ1) is 12.0. The van der Waals surface area contributed by atoms with Crippen LogP contribution in [0.3, 0.4) is 0 Å². The molecule has 2 aromatic rings. The highest BCUT2D eigenvalue weighted by atomic mass is 35.5. The zero-order chi connectivity index (χ0) is 18.2. The van der Waals surface area contributed by atoms with Gasteiger partial charge in [-0.3, -0.25) is 4.79 Å². The molecule has 0 aliphatic heterocycles. The number of aliphatic hydroxyl groups excluding tert-OH is 1. The predicted octanol–water partition coefficient (Wildman–Crippen LogP) is 3.12. The van der Waals surface area contributed by atoms with Crippen LogP contribution in [0.25, 0.3) is 0 Å². The molecule has 0 radical (unpaired) electrons. The smallest absolute Gasteiger partial charge is 0.319 e. The van der Waals surface area contributed by atoms with Gasteiger partial charge in [0.15, 0.2) is 0 Å². The summed E-state index contributed by atoms with van der Waals surface area (Å²) in [5.74, 6) is -0.154. The first-order valence-corrected chi connectivity index (χ1v) is 8.18. The SMILES string of the molecule is CN(C(=O)c1ccc(Cl)cc1)c1ccc(NC(=O)NCCCO)cc1. The van der Waals surface area contributed by atoms with Crippen molar-refractivity contribution in [1.82, 2.24) is 5.32 Å². The van der Waals surface area contributed by atoms with Gasteiger partial charge in [0.25, 0.3) is 5.91 Å². The molecule has 25 heavy (non-hydrogen) atoms. The molecule has 0 saturated heterocycles. The molecule has 2 rings (SSSR count). The monoisotopic (exact) mass is 361 g/mol. The molecular formula is C18H20ClN3O3. The maximum absolute atomic E-state index is 12.4. The van der Waals surface area contributed by atoms with Crippen molar-refractivity contribution in [1.29, 1.82) is 0 Å². The topological polar surface area (TPSA) is 81.7 Å². The first-order valence-electron chi connectivity index (χ1n) is 7.80. The summed E-state index contributed by atoms with van der Waals surface area (Å²) in [6, 6.07) is 13.3. The number of carbonyl (C=O) groups is 2. The molecule has 2 aromatic carbocycles. The van der Waals surface area contributed by atoms with Crippen LogP contribution in [0.5, 0.6) is 0 Å². The maximum atomic E-state index is 12.4. The van der Waals surface area contributed by atoms with Gasteiger partial charge < -0.3 is 20.6 Å². The molecule has 0 fully saturated rings. The van der Waals surface area contributed by atoms with E-state index in [1.54, 1.807) is 55.6 Å². The van der Waals surface area contributed by atoms with Gasteiger partial charge in [0.1, 0.15) is 0 Å². The Morgan fingerprint density at radius 2 is 1.72 bits per heavy atom. The van der Waals surface area contributed by atoms with Crippen LogP contribution in [0.2, 0.25) is 5.02 Å².